The Morgan fingerprint density at radius 1 is 0.882 bits per heavy atom. The molecule has 0 radical (unpaired) electrons. The smallest absolute Gasteiger partial charge is 0.398 e. The first-order valence-electron chi connectivity index (χ1n) is 17.5. The second-order valence-electron chi connectivity index (χ2n) is 14.5. The number of urea groups is 1. The molecule has 0 bridgehead atoms. The molecule has 16 heteroatoms. The van der Waals surface area contributed by atoms with Gasteiger partial charge in [0.1, 0.15) is 5.00 Å². The average molecular weight is 743 g/mol. The van der Waals surface area contributed by atoms with Gasteiger partial charge in [0.25, 0.3) is 0 Å². The van der Waals surface area contributed by atoms with E-state index in [1.54, 1.807) is 14.7 Å². The predicted octanol–water partition coefficient (Wildman–Crippen LogP) is 6.54. The van der Waals surface area contributed by atoms with Crippen LogP contribution in [-0.4, -0.2) is 89.8 Å². The van der Waals surface area contributed by atoms with Crippen LogP contribution in [0.1, 0.15) is 67.2 Å². The maximum absolute atomic E-state index is 14.1. The first-order chi connectivity index (χ1) is 24.1. The summed E-state index contributed by atoms with van der Waals surface area (Å²) in [6, 6.07) is 2.75. The number of carbonyl (C=O) groups is 3. The standard InChI is InChI=1S/C35H44F6N6O3S/c1-44-9-2-22(3-10-44)23-4-11-46(12-5-23)32(49)25(16-21-17-27(34(36,37)38)30(42)28(18-21)35(39,40)41)19-29(48)45-13-6-26(7-14-45)47-20-24-8-15-51-31(24)43-33(47)50/h8,15,17-18,22-23,25-26H,2-7,9-14,16,19-20,42H2,1H3,(H,43,50)/t25-/m0/s1. The van der Waals surface area contributed by atoms with Gasteiger partial charge >= 0.3 is 18.4 Å². The van der Waals surface area contributed by atoms with Gasteiger partial charge in [0.05, 0.1) is 29.3 Å². The highest BCUT2D eigenvalue weighted by Crippen LogP contribution is 2.43. The van der Waals surface area contributed by atoms with Crippen LogP contribution >= 0.6 is 11.3 Å². The lowest BCUT2D eigenvalue weighted by Crippen LogP contribution is -2.51. The number of anilines is 2. The number of thiophene rings is 1. The molecule has 1 atom stereocenters. The Morgan fingerprint density at radius 2 is 1.43 bits per heavy atom. The van der Waals surface area contributed by atoms with Gasteiger partial charge in [-0.1, -0.05) is 0 Å². The normalized spacial score (nSPS) is 21.1. The third kappa shape index (κ3) is 8.42. The fraction of sp³-hybridized carbons (Fsp3) is 0.629. The van der Waals surface area contributed by atoms with Crippen LogP contribution in [-0.2, 0) is 34.9 Å². The van der Waals surface area contributed by atoms with Crippen molar-refractivity contribution in [3.05, 3.63) is 45.8 Å². The third-order valence-corrected chi connectivity index (χ3v) is 12.1. The molecule has 1 aromatic carbocycles. The molecule has 51 heavy (non-hydrogen) atoms. The molecule has 0 spiro atoms. The van der Waals surface area contributed by atoms with Crippen molar-refractivity contribution in [3.8, 4) is 0 Å². The molecule has 0 unspecified atom stereocenters. The zero-order valence-electron chi connectivity index (χ0n) is 28.5. The van der Waals surface area contributed by atoms with Gasteiger partial charge in [0.15, 0.2) is 0 Å². The van der Waals surface area contributed by atoms with Crippen LogP contribution in [0.4, 0.5) is 41.8 Å². The van der Waals surface area contributed by atoms with E-state index in [0.717, 1.165) is 49.3 Å². The average Bonchev–Trinajstić information content (AvgIpc) is 3.54. The molecule has 280 valence electrons. The Balaban J connectivity index is 1.17. The second-order valence-corrected chi connectivity index (χ2v) is 15.4. The summed E-state index contributed by atoms with van der Waals surface area (Å²) < 4.78 is 83.3. The number of amides is 4. The molecular formula is C35H44F6N6O3S. The largest absolute Gasteiger partial charge is 0.418 e. The number of likely N-dealkylation sites (tertiary alicyclic amines) is 3. The molecule has 4 aliphatic rings. The highest BCUT2D eigenvalue weighted by atomic mass is 32.1. The number of nitrogens with zero attached hydrogens (tertiary/aromatic N) is 4. The Hall–Kier alpha value is -3.53. The molecule has 0 aliphatic carbocycles. The lowest BCUT2D eigenvalue weighted by molar-refractivity contribution is -0.143. The van der Waals surface area contributed by atoms with Gasteiger partial charge in [0.2, 0.25) is 11.8 Å². The Morgan fingerprint density at radius 3 is 2.00 bits per heavy atom. The number of halogens is 6. The van der Waals surface area contributed by atoms with Gasteiger partial charge in [-0.3, -0.25) is 14.9 Å². The molecular weight excluding hydrogens is 698 g/mol. The van der Waals surface area contributed by atoms with Crippen molar-refractivity contribution in [2.24, 2.45) is 17.8 Å². The van der Waals surface area contributed by atoms with Gasteiger partial charge in [-0.05, 0) is 106 Å². The van der Waals surface area contributed by atoms with Crippen molar-refractivity contribution in [2.45, 2.75) is 76.3 Å². The number of nitrogens with one attached hydrogen (secondary N) is 1. The van der Waals surface area contributed by atoms with Crippen LogP contribution in [0, 0.1) is 17.8 Å². The minimum Gasteiger partial charge on any atom is -0.398 e. The van der Waals surface area contributed by atoms with Gasteiger partial charge in [-0.15, -0.1) is 11.3 Å². The number of nitrogens with two attached hydrogens (primary N) is 1. The highest BCUT2D eigenvalue weighted by Gasteiger charge is 2.42. The summed E-state index contributed by atoms with van der Waals surface area (Å²) in [5.74, 6) is -1.06. The lowest BCUT2D eigenvalue weighted by atomic mass is 9.78. The summed E-state index contributed by atoms with van der Waals surface area (Å²) in [6.07, 6.45) is -6.55. The molecule has 6 rings (SSSR count). The third-order valence-electron chi connectivity index (χ3n) is 11.2. The van der Waals surface area contributed by atoms with Crippen LogP contribution in [0.15, 0.2) is 23.6 Å². The van der Waals surface area contributed by atoms with Gasteiger partial charge in [-0.25, -0.2) is 4.79 Å². The van der Waals surface area contributed by atoms with Gasteiger partial charge < -0.3 is 25.3 Å². The molecule has 5 heterocycles. The first kappa shape index (κ1) is 37.2. The summed E-state index contributed by atoms with van der Waals surface area (Å²) in [7, 11) is 2.09. The summed E-state index contributed by atoms with van der Waals surface area (Å²) in [4.78, 5) is 47.8. The summed E-state index contributed by atoms with van der Waals surface area (Å²) in [6.45, 7) is 3.89. The lowest BCUT2D eigenvalue weighted by Gasteiger charge is -2.41. The van der Waals surface area contributed by atoms with Gasteiger partial charge in [-0.2, -0.15) is 26.3 Å². The molecule has 9 nitrogen and oxygen atoms in total. The van der Waals surface area contributed by atoms with Crippen LogP contribution in [0.25, 0.3) is 0 Å². The molecule has 3 N–H and O–H groups in total. The fourth-order valence-electron chi connectivity index (χ4n) is 8.24. The minimum absolute atomic E-state index is 0.123. The predicted molar refractivity (Wildman–Crippen MR) is 181 cm³/mol. The SMILES string of the molecule is CN1CCC(C2CCN(C(=O)[C@H](CC(=O)N3CCC(N4Cc5ccsc5NC4=O)CC3)Cc3cc(C(F)(F)F)c(N)c(C(F)(F)F)c3)CC2)CC1. The molecule has 3 saturated heterocycles. The zero-order valence-corrected chi connectivity index (χ0v) is 29.3. The van der Waals surface area contributed by atoms with Crippen molar-refractivity contribution < 1.29 is 40.7 Å². The molecule has 1 aromatic heterocycles. The van der Waals surface area contributed by atoms with E-state index in [4.69, 9.17) is 5.73 Å². The molecule has 3 fully saturated rings. The van der Waals surface area contributed by atoms with E-state index in [0.29, 0.717) is 69.5 Å². The fourth-order valence-corrected chi connectivity index (χ4v) is 9.04. The maximum atomic E-state index is 14.1. The Bertz CT molecular complexity index is 1560. The van der Waals surface area contributed by atoms with Gasteiger partial charge in [0, 0.05) is 44.2 Å². The van der Waals surface area contributed by atoms with Crippen molar-refractivity contribution in [2.75, 3.05) is 57.4 Å². The number of fused-ring (bicyclic) bond motifs is 1. The summed E-state index contributed by atoms with van der Waals surface area (Å²) >= 11 is 1.45. The first-order valence-corrected chi connectivity index (χ1v) is 18.4. The van der Waals surface area contributed by atoms with Crippen molar-refractivity contribution in [3.63, 3.8) is 0 Å². The molecule has 4 aliphatic heterocycles. The monoisotopic (exact) mass is 742 g/mol. The number of carbonyl (C=O) groups excluding carboxylic acids is 3. The Labute approximate surface area is 297 Å². The molecule has 2 aromatic rings. The highest BCUT2D eigenvalue weighted by molar-refractivity contribution is 7.14. The van der Waals surface area contributed by atoms with E-state index in [1.165, 1.54) is 11.3 Å². The molecule has 0 saturated carbocycles. The zero-order chi connectivity index (χ0) is 36.7. The summed E-state index contributed by atoms with van der Waals surface area (Å²) in [5.41, 5.74) is 1.36. The van der Waals surface area contributed by atoms with Crippen LogP contribution in [0.5, 0.6) is 0 Å². The quantitative estimate of drug-likeness (QED) is 0.248. The van der Waals surface area contributed by atoms with E-state index in [9.17, 15) is 40.7 Å². The van der Waals surface area contributed by atoms with Crippen molar-refractivity contribution in [1.82, 2.24) is 19.6 Å². The maximum Gasteiger partial charge on any atom is 0.418 e. The van der Waals surface area contributed by atoms with E-state index in [2.05, 4.69) is 17.3 Å². The number of piperidine rings is 3. The van der Waals surface area contributed by atoms with E-state index in [1.807, 2.05) is 11.4 Å². The van der Waals surface area contributed by atoms with Crippen LogP contribution in [0.3, 0.4) is 0 Å². The second kappa shape index (κ2) is 14.8. The van der Waals surface area contributed by atoms with Crippen LogP contribution in [0.2, 0.25) is 0 Å². The summed E-state index contributed by atoms with van der Waals surface area (Å²) in [5, 5.41) is 5.62. The van der Waals surface area contributed by atoms with Crippen molar-refractivity contribution >= 4 is 39.9 Å². The van der Waals surface area contributed by atoms with Crippen LogP contribution < -0.4 is 11.1 Å². The molecule has 4 amide bonds. The number of hydrogen-bond donors (Lipinski definition) is 2. The van der Waals surface area contributed by atoms with E-state index >= 15 is 0 Å². The van der Waals surface area contributed by atoms with E-state index < -0.39 is 53.3 Å². The number of alkyl halides is 6. The Kier molecular flexibility index (Phi) is 10.8. The minimum atomic E-state index is -5.16. The number of benzene rings is 1. The number of hydrogen-bond acceptors (Lipinski definition) is 6. The number of rotatable bonds is 7. The number of nitrogen functional groups attached to an aromatic ring is 1. The topological polar surface area (TPSA) is 102 Å². The van der Waals surface area contributed by atoms with E-state index in [-0.39, 0.29) is 24.1 Å². The van der Waals surface area contributed by atoms with Crippen molar-refractivity contribution in [1.29, 1.82) is 0 Å².